The van der Waals surface area contributed by atoms with Crippen molar-refractivity contribution in [3.05, 3.63) is 42.0 Å². The minimum absolute atomic E-state index is 0.394. The molecule has 6 nitrogen and oxygen atoms in total. The molecule has 7 heteroatoms. The second-order valence-corrected chi connectivity index (χ2v) is 6.65. The number of H-pyrrole nitrogens is 1. The number of aromatic amines is 1. The number of rotatable bonds is 5. The molecule has 0 amide bonds. The van der Waals surface area contributed by atoms with Gasteiger partial charge in [-0.05, 0) is 17.7 Å². The molecule has 23 heavy (non-hydrogen) atoms. The highest BCUT2D eigenvalue weighted by Crippen LogP contribution is 2.22. The van der Waals surface area contributed by atoms with Crippen molar-refractivity contribution in [2.75, 3.05) is 26.1 Å². The van der Waals surface area contributed by atoms with Gasteiger partial charge in [-0.1, -0.05) is 18.2 Å². The highest BCUT2D eigenvalue weighted by Gasteiger charge is 2.14. The van der Waals surface area contributed by atoms with E-state index in [1.165, 1.54) is 0 Å². The zero-order valence-electron chi connectivity index (χ0n) is 13.2. The van der Waals surface area contributed by atoms with E-state index in [1.54, 1.807) is 13.2 Å². The predicted molar refractivity (Wildman–Crippen MR) is 91.3 cm³/mol. The number of methoxy groups -OCH3 is 1. The van der Waals surface area contributed by atoms with Gasteiger partial charge in [0.1, 0.15) is 0 Å². The maximum Gasteiger partial charge on any atom is 0.215 e. The van der Waals surface area contributed by atoms with Crippen LogP contribution in [0.2, 0.25) is 0 Å². The lowest BCUT2D eigenvalue weighted by molar-refractivity contribution is 0.399. The van der Waals surface area contributed by atoms with Gasteiger partial charge in [0.15, 0.2) is 10.8 Å². The van der Waals surface area contributed by atoms with E-state index in [0.29, 0.717) is 22.4 Å². The standard InChI is InChI=1S/C16H18N4O2S/c1-20(2)13-7-5-4-6-11(13)10-23(21)16-17-12-8-9-14(22-3)18-15(12)19-16/h4-9H,10H2,1-3H3,(H,17,18,19). The van der Waals surface area contributed by atoms with Crippen LogP contribution in [0.4, 0.5) is 5.69 Å². The third-order valence-corrected chi connectivity index (χ3v) is 4.68. The molecule has 2 aromatic heterocycles. The van der Waals surface area contributed by atoms with Gasteiger partial charge in [-0.3, -0.25) is 4.21 Å². The van der Waals surface area contributed by atoms with Crippen LogP contribution >= 0.6 is 0 Å². The van der Waals surface area contributed by atoms with Gasteiger partial charge in [0.25, 0.3) is 0 Å². The molecule has 0 saturated heterocycles. The van der Waals surface area contributed by atoms with Crippen molar-refractivity contribution in [2.45, 2.75) is 10.9 Å². The first kappa shape index (κ1) is 15.5. The van der Waals surface area contributed by atoms with Crippen LogP contribution in [0, 0.1) is 0 Å². The number of benzene rings is 1. The number of aromatic nitrogens is 3. The van der Waals surface area contributed by atoms with Crippen LogP contribution in [0.3, 0.4) is 0 Å². The molecule has 0 aliphatic carbocycles. The van der Waals surface area contributed by atoms with Crippen molar-refractivity contribution < 1.29 is 8.95 Å². The minimum atomic E-state index is -1.28. The molecule has 120 valence electrons. The predicted octanol–water partition coefficient (Wildman–Crippen LogP) is 2.34. The maximum atomic E-state index is 12.7. The van der Waals surface area contributed by atoms with E-state index in [0.717, 1.165) is 16.8 Å². The topological polar surface area (TPSA) is 71.1 Å². The average molecular weight is 330 g/mol. The third kappa shape index (κ3) is 3.19. The highest BCUT2D eigenvalue weighted by atomic mass is 32.2. The quantitative estimate of drug-likeness (QED) is 0.777. The number of anilines is 1. The molecule has 0 spiro atoms. The molecule has 0 bridgehead atoms. The summed E-state index contributed by atoms with van der Waals surface area (Å²) in [6, 6.07) is 11.5. The molecule has 0 radical (unpaired) electrons. The van der Waals surface area contributed by atoms with Crippen LogP contribution in [0.1, 0.15) is 5.56 Å². The zero-order chi connectivity index (χ0) is 16.4. The molecular weight excluding hydrogens is 312 g/mol. The Balaban J connectivity index is 1.89. The molecule has 0 fully saturated rings. The number of hydrogen-bond donors (Lipinski definition) is 1. The summed E-state index contributed by atoms with van der Waals surface area (Å²) in [6.45, 7) is 0. The summed E-state index contributed by atoms with van der Waals surface area (Å²) in [7, 11) is 4.22. The van der Waals surface area contributed by atoms with E-state index < -0.39 is 10.8 Å². The second-order valence-electron chi connectivity index (χ2n) is 5.28. The molecule has 0 saturated carbocycles. The Morgan fingerprint density at radius 2 is 1.96 bits per heavy atom. The number of nitrogens with zero attached hydrogens (tertiary/aromatic N) is 3. The molecule has 2 heterocycles. The highest BCUT2D eigenvalue weighted by molar-refractivity contribution is 7.84. The van der Waals surface area contributed by atoms with Crippen molar-refractivity contribution in [1.29, 1.82) is 0 Å². The first-order valence-electron chi connectivity index (χ1n) is 7.13. The maximum absolute atomic E-state index is 12.7. The number of fused-ring (bicyclic) bond motifs is 1. The Morgan fingerprint density at radius 1 is 1.17 bits per heavy atom. The van der Waals surface area contributed by atoms with Gasteiger partial charge in [0, 0.05) is 25.8 Å². The lowest BCUT2D eigenvalue weighted by Crippen LogP contribution is -2.12. The summed E-state index contributed by atoms with van der Waals surface area (Å²) >= 11 is 0. The van der Waals surface area contributed by atoms with Crippen molar-refractivity contribution in [2.24, 2.45) is 0 Å². The van der Waals surface area contributed by atoms with Gasteiger partial charge >= 0.3 is 0 Å². The molecular formula is C16H18N4O2S. The van der Waals surface area contributed by atoms with E-state index in [2.05, 4.69) is 15.0 Å². The number of para-hydroxylation sites is 1. The number of hydrogen-bond acceptors (Lipinski definition) is 5. The summed E-state index contributed by atoms with van der Waals surface area (Å²) in [4.78, 5) is 13.7. The summed E-state index contributed by atoms with van der Waals surface area (Å²) in [5, 5.41) is 0.425. The molecule has 1 aromatic carbocycles. The lowest BCUT2D eigenvalue weighted by atomic mass is 10.2. The van der Waals surface area contributed by atoms with Crippen molar-refractivity contribution in [1.82, 2.24) is 15.0 Å². The number of ether oxygens (including phenoxy) is 1. The Bertz CT molecular complexity index is 860. The molecule has 3 rings (SSSR count). The number of nitrogens with one attached hydrogen (secondary N) is 1. The van der Waals surface area contributed by atoms with E-state index in [9.17, 15) is 4.21 Å². The monoisotopic (exact) mass is 330 g/mol. The van der Waals surface area contributed by atoms with Gasteiger partial charge in [-0.15, -0.1) is 0 Å². The fraction of sp³-hybridized carbons (Fsp3) is 0.250. The largest absolute Gasteiger partial charge is 0.481 e. The van der Waals surface area contributed by atoms with Gasteiger partial charge in [0.05, 0.1) is 29.2 Å². The smallest absolute Gasteiger partial charge is 0.215 e. The van der Waals surface area contributed by atoms with Gasteiger partial charge in [0.2, 0.25) is 5.88 Å². The van der Waals surface area contributed by atoms with Crippen molar-refractivity contribution >= 4 is 27.7 Å². The zero-order valence-corrected chi connectivity index (χ0v) is 14.1. The number of imidazole rings is 1. The summed E-state index contributed by atoms with van der Waals surface area (Å²) in [6.07, 6.45) is 0. The molecule has 0 aliphatic heterocycles. The summed E-state index contributed by atoms with van der Waals surface area (Å²) in [5.74, 6) is 0.880. The first-order valence-corrected chi connectivity index (χ1v) is 8.44. The van der Waals surface area contributed by atoms with Crippen molar-refractivity contribution in [3.8, 4) is 5.88 Å². The molecule has 1 atom stereocenters. The van der Waals surface area contributed by atoms with E-state index in [4.69, 9.17) is 4.74 Å². The normalized spacial score (nSPS) is 12.3. The SMILES string of the molecule is COc1ccc2[nH]c(S(=O)Cc3ccccc3N(C)C)nc2n1. The van der Waals surface area contributed by atoms with Crippen LogP contribution < -0.4 is 9.64 Å². The molecule has 1 N–H and O–H groups in total. The van der Waals surface area contributed by atoms with Crippen LogP contribution in [-0.4, -0.2) is 40.4 Å². The van der Waals surface area contributed by atoms with E-state index >= 15 is 0 Å². The van der Waals surface area contributed by atoms with E-state index in [1.807, 2.05) is 49.3 Å². The molecule has 0 aliphatic rings. The van der Waals surface area contributed by atoms with Gasteiger partial charge < -0.3 is 14.6 Å². The molecule has 1 unspecified atom stereocenters. The van der Waals surface area contributed by atoms with Crippen LogP contribution in [0.25, 0.3) is 11.2 Å². The van der Waals surface area contributed by atoms with E-state index in [-0.39, 0.29) is 0 Å². The third-order valence-electron chi connectivity index (χ3n) is 3.48. The Kier molecular flexibility index (Phi) is 4.29. The van der Waals surface area contributed by atoms with Crippen molar-refractivity contribution in [3.63, 3.8) is 0 Å². The summed E-state index contributed by atoms with van der Waals surface area (Å²) < 4.78 is 17.7. The van der Waals surface area contributed by atoms with Gasteiger partial charge in [-0.25, -0.2) is 4.98 Å². The average Bonchev–Trinajstić information content (AvgIpc) is 2.98. The minimum Gasteiger partial charge on any atom is -0.481 e. The number of pyridine rings is 1. The molecule has 3 aromatic rings. The van der Waals surface area contributed by atoms with Crippen LogP contribution in [-0.2, 0) is 16.6 Å². The van der Waals surface area contributed by atoms with Gasteiger partial charge in [-0.2, -0.15) is 4.98 Å². The fourth-order valence-corrected chi connectivity index (χ4v) is 3.43. The fourth-order valence-electron chi connectivity index (χ4n) is 2.35. The lowest BCUT2D eigenvalue weighted by Gasteiger charge is -2.16. The van der Waals surface area contributed by atoms with Crippen LogP contribution in [0.5, 0.6) is 5.88 Å². The second kappa shape index (κ2) is 6.37. The summed E-state index contributed by atoms with van der Waals surface area (Å²) in [5.41, 5.74) is 3.32. The Labute approximate surface area is 137 Å². The van der Waals surface area contributed by atoms with Crippen LogP contribution in [0.15, 0.2) is 41.6 Å². The Morgan fingerprint density at radius 3 is 2.70 bits per heavy atom. The Hall–Kier alpha value is -2.41. The first-order chi connectivity index (χ1) is 11.1.